The van der Waals surface area contributed by atoms with E-state index in [0.717, 1.165) is 26.2 Å². The molecule has 0 radical (unpaired) electrons. The number of hydrogen-bond donors (Lipinski definition) is 1. The lowest BCUT2D eigenvalue weighted by Gasteiger charge is -2.12. The van der Waals surface area contributed by atoms with Crippen molar-refractivity contribution < 1.29 is 9.84 Å². The van der Waals surface area contributed by atoms with Crippen molar-refractivity contribution in [3.05, 3.63) is 50.1 Å². The third-order valence-corrected chi connectivity index (χ3v) is 4.55. The zero-order valence-corrected chi connectivity index (χ0v) is 12.0. The summed E-state index contributed by atoms with van der Waals surface area (Å²) in [7, 11) is 1.65. The Bertz CT molecular complexity index is 522. The second-order valence-corrected chi connectivity index (χ2v) is 5.57. The lowest BCUT2D eigenvalue weighted by Crippen LogP contribution is -1.99. The summed E-state index contributed by atoms with van der Waals surface area (Å²) in [6.07, 6.45) is -0.589. The molecule has 1 heterocycles. The first kappa shape index (κ1) is 12.6. The molecule has 1 unspecified atom stereocenters. The summed E-state index contributed by atoms with van der Waals surface area (Å²) >= 11 is 4.98. The largest absolute Gasteiger partial charge is 0.496 e. The van der Waals surface area contributed by atoms with Gasteiger partial charge in [0.15, 0.2) is 0 Å². The smallest absolute Gasteiger partial charge is 0.121 e. The molecule has 0 aliphatic rings. The molecule has 0 amide bonds. The molecule has 1 N–H and O–H groups in total. The first-order valence-corrected chi connectivity index (χ1v) is 6.86. The van der Waals surface area contributed by atoms with Crippen LogP contribution in [-0.2, 0) is 0 Å². The Morgan fingerprint density at radius 2 is 2.12 bits per heavy atom. The number of aryl methyl sites for hydroxylation is 1. The zero-order valence-electron chi connectivity index (χ0n) is 9.61. The van der Waals surface area contributed by atoms with Crippen molar-refractivity contribution in [3.8, 4) is 5.75 Å². The van der Waals surface area contributed by atoms with Crippen LogP contribution in [0.2, 0.25) is 0 Å². The summed E-state index contributed by atoms with van der Waals surface area (Å²) in [4.78, 5) is 0.926. The number of ether oxygens (including phenoxy) is 1. The highest BCUT2D eigenvalue weighted by molar-refractivity contribution is 9.10. The molecule has 90 valence electrons. The highest BCUT2D eigenvalue weighted by Gasteiger charge is 2.15. The third-order valence-electron chi connectivity index (χ3n) is 2.63. The molecular formula is C13H13BrO2S. The Kier molecular flexibility index (Phi) is 3.86. The molecular weight excluding hydrogens is 300 g/mol. The van der Waals surface area contributed by atoms with Gasteiger partial charge in [-0.1, -0.05) is 6.07 Å². The van der Waals surface area contributed by atoms with Crippen LogP contribution in [0.3, 0.4) is 0 Å². The van der Waals surface area contributed by atoms with Gasteiger partial charge in [-0.05, 0) is 57.6 Å². The molecule has 0 spiro atoms. The first-order valence-electron chi connectivity index (χ1n) is 5.19. The van der Waals surface area contributed by atoms with Crippen molar-refractivity contribution in [2.45, 2.75) is 13.0 Å². The van der Waals surface area contributed by atoms with E-state index < -0.39 is 6.10 Å². The number of aliphatic hydroxyl groups excluding tert-OH is 1. The van der Waals surface area contributed by atoms with E-state index in [1.807, 2.05) is 36.6 Å². The highest BCUT2D eigenvalue weighted by Crippen LogP contribution is 2.34. The maximum absolute atomic E-state index is 10.3. The van der Waals surface area contributed by atoms with Gasteiger partial charge < -0.3 is 9.84 Å². The van der Waals surface area contributed by atoms with E-state index in [1.165, 1.54) is 0 Å². The summed E-state index contributed by atoms with van der Waals surface area (Å²) in [5, 5.41) is 12.2. The molecule has 2 aromatic rings. The first-order chi connectivity index (χ1) is 8.13. The Morgan fingerprint density at radius 1 is 1.35 bits per heavy atom. The Hall–Kier alpha value is -0.840. The van der Waals surface area contributed by atoms with Crippen molar-refractivity contribution in [1.82, 2.24) is 0 Å². The topological polar surface area (TPSA) is 29.5 Å². The number of rotatable bonds is 3. The lowest BCUT2D eigenvalue weighted by atomic mass is 10.0. The monoisotopic (exact) mass is 312 g/mol. The fraction of sp³-hybridized carbons (Fsp3) is 0.231. The summed E-state index contributed by atoms with van der Waals surface area (Å²) in [6, 6.07) is 7.67. The Labute approximate surface area is 113 Å². The molecule has 0 aliphatic heterocycles. The summed E-state index contributed by atoms with van der Waals surface area (Å²) in [6.45, 7) is 1.97. The predicted octanol–water partition coefficient (Wildman–Crippen LogP) is 3.91. The zero-order chi connectivity index (χ0) is 12.4. The normalized spacial score (nSPS) is 12.5. The van der Waals surface area contributed by atoms with Gasteiger partial charge in [-0.15, -0.1) is 11.3 Å². The van der Waals surface area contributed by atoms with Crippen LogP contribution < -0.4 is 4.74 Å². The van der Waals surface area contributed by atoms with E-state index in [0.29, 0.717) is 0 Å². The van der Waals surface area contributed by atoms with E-state index >= 15 is 0 Å². The number of methoxy groups -OCH3 is 1. The van der Waals surface area contributed by atoms with Crippen LogP contribution in [0.5, 0.6) is 5.75 Å². The molecule has 0 aliphatic carbocycles. The van der Waals surface area contributed by atoms with E-state index in [9.17, 15) is 5.11 Å². The fourth-order valence-electron chi connectivity index (χ4n) is 1.72. The fourth-order valence-corrected chi connectivity index (χ4v) is 3.32. The second kappa shape index (κ2) is 5.21. The third kappa shape index (κ3) is 2.54. The van der Waals surface area contributed by atoms with Gasteiger partial charge in [0.2, 0.25) is 0 Å². The molecule has 4 heteroatoms. The van der Waals surface area contributed by atoms with Crippen molar-refractivity contribution in [2.24, 2.45) is 0 Å². The summed E-state index contributed by atoms with van der Waals surface area (Å²) < 4.78 is 6.15. The molecule has 0 saturated carbocycles. The molecule has 0 saturated heterocycles. The second-order valence-electron chi connectivity index (χ2n) is 3.76. The van der Waals surface area contributed by atoms with Gasteiger partial charge >= 0.3 is 0 Å². The van der Waals surface area contributed by atoms with Gasteiger partial charge in [-0.3, -0.25) is 0 Å². The number of thiophene rings is 1. The van der Waals surface area contributed by atoms with Crippen LogP contribution in [0.15, 0.2) is 34.1 Å². The molecule has 2 rings (SSSR count). The Morgan fingerprint density at radius 3 is 2.65 bits per heavy atom. The lowest BCUT2D eigenvalue weighted by molar-refractivity contribution is 0.223. The van der Waals surface area contributed by atoms with Crippen LogP contribution >= 0.6 is 27.3 Å². The summed E-state index contributed by atoms with van der Waals surface area (Å²) in [5.41, 5.74) is 1.91. The minimum Gasteiger partial charge on any atom is -0.496 e. The Balaban J connectivity index is 2.35. The quantitative estimate of drug-likeness (QED) is 0.931. The molecule has 1 aromatic heterocycles. The van der Waals surface area contributed by atoms with Crippen LogP contribution in [0, 0.1) is 6.92 Å². The molecule has 1 aromatic carbocycles. The van der Waals surface area contributed by atoms with Gasteiger partial charge in [0.25, 0.3) is 0 Å². The highest BCUT2D eigenvalue weighted by atomic mass is 79.9. The van der Waals surface area contributed by atoms with Crippen LogP contribution in [0.1, 0.15) is 22.1 Å². The average Bonchev–Trinajstić information content (AvgIpc) is 2.74. The van der Waals surface area contributed by atoms with Crippen molar-refractivity contribution in [3.63, 3.8) is 0 Å². The van der Waals surface area contributed by atoms with Crippen LogP contribution in [0.4, 0.5) is 0 Å². The van der Waals surface area contributed by atoms with Crippen LogP contribution in [0.25, 0.3) is 0 Å². The SMILES string of the molecule is COc1ccc(C(O)c2sccc2Br)cc1C. The van der Waals surface area contributed by atoms with Crippen LogP contribution in [-0.4, -0.2) is 12.2 Å². The molecule has 2 nitrogen and oxygen atoms in total. The van der Waals surface area contributed by atoms with Gasteiger partial charge in [-0.25, -0.2) is 0 Å². The predicted molar refractivity (Wildman–Crippen MR) is 73.8 cm³/mol. The van der Waals surface area contributed by atoms with E-state index in [1.54, 1.807) is 18.4 Å². The van der Waals surface area contributed by atoms with Crippen molar-refractivity contribution >= 4 is 27.3 Å². The minimum absolute atomic E-state index is 0.589. The van der Waals surface area contributed by atoms with Crippen molar-refractivity contribution in [1.29, 1.82) is 0 Å². The molecule has 0 fully saturated rings. The summed E-state index contributed by atoms with van der Waals surface area (Å²) in [5.74, 6) is 0.839. The standard InChI is InChI=1S/C13H13BrO2S/c1-8-7-9(3-4-11(8)16-2)12(15)13-10(14)5-6-17-13/h3-7,12,15H,1-2H3. The van der Waals surface area contributed by atoms with Gasteiger partial charge in [-0.2, -0.15) is 0 Å². The molecule has 0 bridgehead atoms. The number of halogens is 1. The van der Waals surface area contributed by atoms with Gasteiger partial charge in [0.05, 0.1) is 12.0 Å². The maximum Gasteiger partial charge on any atom is 0.121 e. The number of benzene rings is 1. The average molecular weight is 313 g/mol. The molecule has 17 heavy (non-hydrogen) atoms. The molecule has 1 atom stereocenters. The minimum atomic E-state index is -0.589. The van der Waals surface area contributed by atoms with Gasteiger partial charge in [0.1, 0.15) is 11.9 Å². The number of hydrogen-bond acceptors (Lipinski definition) is 3. The van der Waals surface area contributed by atoms with Gasteiger partial charge in [0, 0.05) is 4.47 Å². The maximum atomic E-state index is 10.3. The van der Waals surface area contributed by atoms with E-state index in [4.69, 9.17) is 4.74 Å². The number of aliphatic hydroxyl groups is 1. The van der Waals surface area contributed by atoms with E-state index in [-0.39, 0.29) is 0 Å². The van der Waals surface area contributed by atoms with E-state index in [2.05, 4.69) is 15.9 Å². The van der Waals surface area contributed by atoms with Crippen molar-refractivity contribution in [2.75, 3.05) is 7.11 Å².